The number of carbonyl (C=O) groups is 1. The van der Waals surface area contributed by atoms with Gasteiger partial charge in [-0.1, -0.05) is 19.8 Å². The fourth-order valence-electron chi connectivity index (χ4n) is 0.991. The minimum atomic E-state index is -3.16. The second kappa shape index (κ2) is 6.17. The van der Waals surface area contributed by atoms with Crippen LogP contribution in [-0.4, -0.2) is 28.3 Å². The molecule has 0 bridgehead atoms. The van der Waals surface area contributed by atoms with Gasteiger partial charge in [0.1, 0.15) is 0 Å². The molecule has 78 valence electrons. The molecular weight excluding hydrogens is 191 g/mol. The molecule has 0 saturated heterocycles. The van der Waals surface area contributed by atoms with Gasteiger partial charge in [0.15, 0.2) is 0 Å². The molecule has 0 amide bonds. The predicted octanol–water partition coefficient (Wildman–Crippen LogP) is 1.92. The van der Waals surface area contributed by atoms with Crippen molar-refractivity contribution >= 4 is 13.3 Å². The van der Waals surface area contributed by atoms with Crippen molar-refractivity contribution in [3.8, 4) is 0 Å². The Labute approximate surface area is 78.4 Å². The lowest BCUT2D eigenvalue weighted by Crippen LogP contribution is -2.02. The molecule has 0 spiro atoms. The van der Waals surface area contributed by atoms with E-state index in [4.69, 9.17) is 5.11 Å². The molecule has 1 atom stereocenters. The molecule has 5 heteroatoms. The Morgan fingerprint density at radius 3 is 2.38 bits per heavy atom. The summed E-state index contributed by atoms with van der Waals surface area (Å²) in [6, 6.07) is 0. The molecular formula is C8H17O4P. The van der Waals surface area contributed by atoms with E-state index in [1.54, 1.807) is 0 Å². The SMILES string of the molecule is CCCCCP(=O)(O)CCC(=O)O. The van der Waals surface area contributed by atoms with Crippen LogP contribution in [0.1, 0.15) is 32.6 Å². The first kappa shape index (κ1) is 12.7. The molecule has 4 nitrogen and oxygen atoms in total. The Balaban J connectivity index is 3.67. The van der Waals surface area contributed by atoms with Crippen LogP contribution in [0.5, 0.6) is 0 Å². The van der Waals surface area contributed by atoms with Gasteiger partial charge in [0.05, 0.1) is 6.42 Å². The molecule has 13 heavy (non-hydrogen) atoms. The summed E-state index contributed by atoms with van der Waals surface area (Å²) in [6.45, 7) is 2.01. The van der Waals surface area contributed by atoms with E-state index < -0.39 is 13.3 Å². The van der Waals surface area contributed by atoms with Crippen LogP contribution < -0.4 is 0 Å². The maximum absolute atomic E-state index is 11.3. The largest absolute Gasteiger partial charge is 0.481 e. The normalized spacial score (nSPS) is 15.2. The Kier molecular flexibility index (Phi) is 6.00. The zero-order valence-electron chi connectivity index (χ0n) is 7.90. The van der Waals surface area contributed by atoms with Gasteiger partial charge < -0.3 is 10.00 Å². The number of rotatable bonds is 7. The second-order valence-electron chi connectivity index (χ2n) is 3.14. The van der Waals surface area contributed by atoms with Crippen LogP contribution in [0.3, 0.4) is 0 Å². The number of carboxylic acids is 1. The Morgan fingerprint density at radius 1 is 1.31 bits per heavy atom. The average Bonchev–Trinajstić information content (AvgIpc) is 2.02. The highest BCUT2D eigenvalue weighted by atomic mass is 31.2. The third-order valence-electron chi connectivity index (χ3n) is 1.79. The summed E-state index contributed by atoms with van der Waals surface area (Å²) >= 11 is 0. The molecule has 0 radical (unpaired) electrons. The molecule has 0 aliphatic carbocycles. The molecule has 0 aromatic heterocycles. The van der Waals surface area contributed by atoms with Crippen LogP contribution in [-0.2, 0) is 9.36 Å². The van der Waals surface area contributed by atoms with Crippen molar-refractivity contribution in [1.29, 1.82) is 0 Å². The van der Waals surface area contributed by atoms with Crippen molar-refractivity contribution in [3.05, 3.63) is 0 Å². The third kappa shape index (κ3) is 8.00. The van der Waals surface area contributed by atoms with Crippen LogP contribution in [0.25, 0.3) is 0 Å². The van der Waals surface area contributed by atoms with Gasteiger partial charge in [-0.15, -0.1) is 0 Å². The highest BCUT2D eigenvalue weighted by Crippen LogP contribution is 2.41. The van der Waals surface area contributed by atoms with Gasteiger partial charge in [-0.05, 0) is 6.42 Å². The minimum absolute atomic E-state index is 0.0912. The molecule has 0 aliphatic rings. The summed E-state index contributed by atoms with van der Waals surface area (Å²) in [7, 11) is -3.16. The van der Waals surface area contributed by atoms with Crippen molar-refractivity contribution in [2.24, 2.45) is 0 Å². The van der Waals surface area contributed by atoms with E-state index in [0.29, 0.717) is 6.42 Å². The lowest BCUT2D eigenvalue weighted by Gasteiger charge is -2.08. The molecule has 0 saturated carbocycles. The van der Waals surface area contributed by atoms with E-state index in [1.165, 1.54) is 0 Å². The number of hydrogen-bond donors (Lipinski definition) is 2. The fraction of sp³-hybridized carbons (Fsp3) is 0.875. The van der Waals surface area contributed by atoms with Gasteiger partial charge in [0.2, 0.25) is 7.37 Å². The quantitative estimate of drug-likeness (QED) is 0.495. The van der Waals surface area contributed by atoms with Crippen LogP contribution in [0.2, 0.25) is 0 Å². The highest BCUT2D eigenvalue weighted by Gasteiger charge is 2.18. The summed E-state index contributed by atoms with van der Waals surface area (Å²) in [5.74, 6) is -1.01. The van der Waals surface area contributed by atoms with Crippen molar-refractivity contribution in [2.45, 2.75) is 32.6 Å². The molecule has 0 aromatic rings. The van der Waals surface area contributed by atoms with Crippen LogP contribution >= 0.6 is 7.37 Å². The second-order valence-corrected chi connectivity index (χ2v) is 5.73. The monoisotopic (exact) mass is 208 g/mol. The van der Waals surface area contributed by atoms with E-state index in [9.17, 15) is 14.3 Å². The first-order valence-corrected chi connectivity index (χ1v) is 6.53. The zero-order chi connectivity index (χ0) is 10.3. The minimum Gasteiger partial charge on any atom is -0.481 e. The van der Waals surface area contributed by atoms with Crippen molar-refractivity contribution in [1.82, 2.24) is 0 Å². The van der Waals surface area contributed by atoms with Gasteiger partial charge in [-0.2, -0.15) is 0 Å². The number of unbranched alkanes of at least 4 members (excludes halogenated alkanes) is 2. The Hall–Kier alpha value is -0.340. The molecule has 2 N–H and O–H groups in total. The smallest absolute Gasteiger partial charge is 0.303 e. The predicted molar refractivity (Wildman–Crippen MR) is 51.3 cm³/mol. The van der Waals surface area contributed by atoms with Crippen molar-refractivity contribution in [3.63, 3.8) is 0 Å². The standard InChI is InChI=1S/C8H17O4P/c1-2-3-4-6-13(11,12)7-5-8(9)10/h2-7H2,1H3,(H,9,10)(H,11,12). The van der Waals surface area contributed by atoms with E-state index in [-0.39, 0.29) is 18.7 Å². The molecule has 0 fully saturated rings. The van der Waals surface area contributed by atoms with Gasteiger partial charge in [-0.3, -0.25) is 9.36 Å². The van der Waals surface area contributed by atoms with Crippen LogP contribution in [0, 0.1) is 0 Å². The number of aliphatic carboxylic acids is 1. The average molecular weight is 208 g/mol. The Morgan fingerprint density at radius 2 is 1.92 bits per heavy atom. The van der Waals surface area contributed by atoms with Crippen molar-refractivity contribution < 1.29 is 19.4 Å². The van der Waals surface area contributed by atoms with Crippen LogP contribution in [0.4, 0.5) is 0 Å². The van der Waals surface area contributed by atoms with E-state index in [0.717, 1.165) is 12.8 Å². The number of hydrogen-bond acceptors (Lipinski definition) is 2. The van der Waals surface area contributed by atoms with Crippen molar-refractivity contribution in [2.75, 3.05) is 12.3 Å². The summed E-state index contributed by atoms with van der Waals surface area (Å²) in [4.78, 5) is 19.4. The van der Waals surface area contributed by atoms with E-state index in [1.807, 2.05) is 6.92 Å². The van der Waals surface area contributed by atoms with E-state index >= 15 is 0 Å². The molecule has 1 unspecified atom stereocenters. The molecule has 0 aliphatic heterocycles. The molecule has 0 rings (SSSR count). The van der Waals surface area contributed by atoms with Crippen LogP contribution in [0.15, 0.2) is 0 Å². The molecule has 0 aromatic carbocycles. The summed E-state index contributed by atoms with van der Waals surface area (Å²) in [5.41, 5.74) is 0. The van der Waals surface area contributed by atoms with Gasteiger partial charge in [0, 0.05) is 12.3 Å². The first-order chi connectivity index (χ1) is 5.98. The Bertz CT molecular complexity index is 202. The summed E-state index contributed by atoms with van der Waals surface area (Å²) in [5, 5.41) is 8.32. The molecule has 0 heterocycles. The zero-order valence-corrected chi connectivity index (χ0v) is 8.80. The summed E-state index contributed by atoms with van der Waals surface area (Å²) in [6.07, 6.45) is 2.60. The lowest BCUT2D eigenvalue weighted by atomic mass is 10.3. The van der Waals surface area contributed by atoms with Gasteiger partial charge in [-0.25, -0.2) is 0 Å². The van der Waals surface area contributed by atoms with Gasteiger partial charge >= 0.3 is 5.97 Å². The number of carboxylic acid groups (broad SMARTS) is 1. The topological polar surface area (TPSA) is 74.6 Å². The lowest BCUT2D eigenvalue weighted by molar-refractivity contribution is -0.136. The summed E-state index contributed by atoms with van der Waals surface area (Å²) < 4.78 is 11.3. The van der Waals surface area contributed by atoms with Gasteiger partial charge in [0.25, 0.3) is 0 Å². The fourth-order valence-corrected chi connectivity index (χ4v) is 2.47. The highest BCUT2D eigenvalue weighted by molar-refractivity contribution is 7.58. The van der Waals surface area contributed by atoms with E-state index in [2.05, 4.69) is 0 Å². The third-order valence-corrected chi connectivity index (χ3v) is 3.72. The maximum Gasteiger partial charge on any atom is 0.303 e. The maximum atomic E-state index is 11.3. The first-order valence-electron chi connectivity index (χ1n) is 4.50.